The van der Waals surface area contributed by atoms with Gasteiger partial charge in [-0.15, -0.1) is 0 Å². The highest BCUT2D eigenvalue weighted by Crippen LogP contribution is 2.18. The fourth-order valence-corrected chi connectivity index (χ4v) is 1.91. The minimum absolute atomic E-state index is 0.134. The summed E-state index contributed by atoms with van der Waals surface area (Å²) in [7, 11) is 0. The van der Waals surface area contributed by atoms with Crippen LogP contribution in [-0.4, -0.2) is 16.5 Å². The number of nitrogens with two attached hydrogens (primary N) is 1. The SMILES string of the molecule is CC(CCNc1nc[nH]c(=O)c1N)c1ccccc1. The molecular weight excluding hydrogens is 240 g/mol. The normalized spacial score (nSPS) is 12.1. The number of aromatic amines is 1. The van der Waals surface area contributed by atoms with E-state index >= 15 is 0 Å². The smallest absolute Gasteiger partial charge is 0.276 e. The van der Waals surface area contributed by atoms with Crippen molar-refractivity contribution in [1.29, 1.82) is 0 Å². The Labute approximate surface area is 111 Å². The first-order valence-corrected chi connectivity index (χ1v) is 6.30. The number of benzene rings is 1. The van der Waals surface area contributed by atoms with Crippen LogP contribution < -0.4 is 16.6 Å². The fraction of sp³-hybridized carbons (Fsp3) is 0.286. The van der Waals surface area contributed by atoms with E-state index < -0.39 is 0 Å². The Hall–Kier alpha value is -2.30. The average Bonchev–Trinajstić information content (AvgIpc) is 2.44. The van der Waals surface area contributed by atoms with Gasteiger partial charge in [0, 0.05) is 6.54 Å². The number of rotatable bonds is 5. The fourth-order valence-electron chi connectivity index (χ4n) is 1.91. The Morgan fingerprint density at radius 1 is 1.37 bits per heavy atom. The maximum Gasteiger partial charge on any atom is 0.276 e. The van der Waals surface area contributed by atoms with E-state index in [0.717, 1.165) is 13.0 Å². The van der Waals surface area contributed by atoms with E-state index in [-0.39, 0.29) is 11.2 Å². The van der Waals surface area contributed by atoms with Crippen LogP contribution in [0.15, 0.2) is 41.5 Å². The van der Waals surface area contributed by atoms with Crippen LogP contribution >= 0.6 is 0 Å². The second kappa shape index (κ2) is 6.04. The minimum atomic E-state index is -0.311. The molecule has 2 aromatic rings. The number of hydrogen-bond donors (Lipinski definition) is 3. The highest BCUT2D eigenvalue weighted by atomic mass is 16.1. The van der Waals surface area contributed by atoms with Gasteiger partial charge in [-0.25, -0.2) is 4.98 Å². The molecule has 2 rings (SSSR count). The van der Waals surface area contributed by atoms with E-state index in [0.29, 0.717) is 11.7 Å². The molecule has 5 nitrogen and oxygen atoms in total. The van der Waals surface area contributed by atoms with Crippen LogP contribution in [-0.2, 0) is 0 Å². The number of nitrogens with zero attached hydrogens (tertiary/aromatic N) is 1. The second-order valence-corrected chi connectivity index (χ2v) is 4.52. The third-order valence-electron chi connectivity index (χ3n) is 3.13. The summed E-state index contributed by atoms with van der Waals surface area (Å²) < 4.78 is 0. The zero-order valence-corrected chi connectivity index (χ0v) is 10.9. The third kappa shape index (κ3) is 3.34. The molecule has 5 heteroatoms. The van der Waals surface area contributed by atoms with Crippen molar-refractivity contribution >= 4 is 11.5 Å². The third-order valence-corrected chi connectivity index (χ3v) is 3.13. The summed E-state index contributed by atoms with van der Waals surface area (Å²) in [6.07, 6.45) is 2.29. The van der Waals surface area contributed by atoms with E-state index in [4.69, 9.17) is 5.73 Å². The summed E-state index contributed by atoms with van der Waals surface area (Å²) in [5.74, 6) is 0.890. The largest absolute Gasteiger partial charge is 0.391 e. The number of aromatic nitrogens is 2. The Morgan fingerprint density at radius 2 is 2.11 bits per heavy atom. The molecule has 1 aromatic carbocycles. The van der Waals surface area contributed by atoms with Crippen LogP contribution in [0, 0.1) is 0 Å². The maximum atomic E-state index is 11.3. The zero-order chi connectivity index (χ0) is 13.7. The van der Waals surface area contributed by atoms with Gasteiger partial charge in [-0.05, 0) is 17.9 Å². The van der Waals surface area contributed by atoms with Gasteiger partial charge in [0.25, 0.3) is 5.56 Å². The summed E-state index contributed by atoms with van der Waals surface area (Å²) in [5, 5.41) is 3.10. The van der Waals surface area contributed by atoms with Gasteiger partial charge >= 0.3 is 0 Å². The number of nitrogens with one attached hydrogen (secondary N) is 2. The van der Waals surface area contributed by atoms with Gasteiger partial charge in [-0.1, -0.05) is 37.3 Å². The summed E-state index contributed by atoms with van der Waals surface area (Å²) in [6, 6.07) is 10.3. The first-order chi connectivity index (χ1) is 9.18. The van der Waals surface area contributed by atoms with Gasteiger partial charge in [0.15, 0.2) is 5.82 Å². The molecule has 1 aromatic heterocycles. The first-order valence-electron chi connectivity index (χ1n) is 6.30. The van der Waals surface area contributed by atoms with E-state index in [9.17, 15) is 4.79 Å². The van der Waals surface area contributed by atoms with Crippen molar-refractivity contribution in [1.82, 2.24) is 9.97 Å². The van der Waals surface area contributed by atoms with Crippen molar-refractivity contribution in [3.8, 4) is 0 Å². The summed E-state index contributed by atoms with van der Waals surface area (Å²) >= 11 is 0. The molecule has 0 amide bonds. The molecular formula is C14H18N4O. The Bertz CT molecular complexity index is 579. The van der Waals surface area contributed by atoms with Gasteiger partial charge in [-0.2, -0.15) is 0 Å². The topological polar surface area (TPSA) is 83.8 Å². The predicted octanol–water partition coefficient (Wildman–Crippen LogP) is 1.96. The van der Waals surface area contributed by atoms with Crippen molar-refractivity contribution in [2.24, 2.45) is 0 Å². The molecule has 0 aliphatic carbocycles. The lowest BCUT2D eigenvalue weighted by Gasteiger charge is -2.13. The molecule has 0 fully saturated rings. The standard InChI is InChI=1S/C14H18N4O/c1-10(11-5-3-2-4-6-11)7-8-16-13-12(15)14(19)18-9-17-13/h2-6,9-10H,7-8,15H2,1H3,(H2,16,17,18,19). The molecule has 1 unspecified atom stereocenters. The molecule has 19 heavy (non-hydrogen) atoms. The number of nitrogen functional groups attached to an aromatic ring is 1. The monoisotopic (exact) mass is 258 g/mol. The lowest BCUT2D eigenvalue weighted by molar-refractivity contribution is 0.705. The number of hydrogen-bond acceptors (Lipinski definition) is 4. The van der Waals surface area contributed by atoms with Crippen molar-refractivity contribution in [3.05, 3.63) is 52.6 Å². The van der Waals surface area contributed by atoms with Crippen molar-refractivity contribution in [3.63, 3.8) is 0 Å². The summed E-state index contributed by atoms with van der Waals surface area (Å²) in [4.78, 5) is 17.7. The van der Waals surface area contributed by atoms with Gasteiger partial charge < -0.3 is 16.0 Å². The highest BCUT2D eigenvalue weighted by Gasteiger charge is 2.06. The Kier molecular flexibility index (Phi) is 4.18. The molecule has 0 radical (unpaired) electrons. The predicted molar refractivity (Wildman–Crippen MR) is 77.2 cm³/mol. The number of H-pyrrole nitrogens is 1. The quantitative estimate of drug-likeness (QED) is 0.765. The minimum Gasteiger partial charge on any atom is -0.391 e. The lowest BCUT2D eigenvalue weighted by Crippen LogP contribution is -2.17. The van der Waals surface area contributed by atoms with Crippen molar-refractivity contribution in [2.45, 2.75) is 19.3 Å². The molecule has 0 aliphatic rings. The Morgan fingerprint density at radius 3 is 2.84 bits per heavy atom. The van der Waals surface area contributed by atoms with Gasteiger partial charge in [-0.3, -0.25) is 4.79 Å². The molecule has 0 saturated carbocycles. The van der Waals surface area contributed by atoms with Crippen LogP contribution in [0.4, 0.5) is 11.5 Å². The van der Waals surface area contributed by atoms with Crippen LogP contribution in [0.25, 0.3) is 0 Å². The van der Waals surface area contributed by atoms with Crippen LogP contribution in [0.5, 0.6) is 0 Å². The van der Waals surface area contributed by atoms with Gasteiger partial charge in [0.05, 0.1) is 6.33 Å². The molecule has 0 saturated heterocycles. The Balaban J connectivity index is 1.90. The molecule has 0 spiro atoms. The molecule has 1 atom stereocenters. The van der Waals surface area contributed by atoms with E-state index in [1.54, 1.807) is 0 Å². The average molecular weight is 258 g/mol. The van der Waals surface area contributed by atoms with Gasteiger partial charge in [0.2, 0.25) is 0 Å². The van der Waals surface area contributed by atoms with Gasteiger partial charge in [0.1, 0.15) is 5.69 Å². The van der Waals surface area contributed by atoms with Crippen molar-refractivity contribution in [2.75, 3.05) is 17.6 Å². The molecule has 1 heterocycles. The molecule has 0 bridgehead atoms. The van der Waals surface area contributed by atoms with E-state index in [1.165, 1.54) is 11.9 Å². The molecule has 100 valence electrons. The van der Waals surface area contributed by atoms with Crippen LogP contribution in [0.1, 0.15) is 24.8 Å². The van der Waals surface area contributed by atoms with E-state index in [2.05, 4.69) is 34.3 Å². The molecule has 4 N–H and O–H groups in total. The van der Waals surface area contributed by atoms with Crippen LogP contribution in [0.3, 0.4) is 0 Å². The second-order valence-electron chi connectivity index (χ2n) is 4.52. The van der Waals surface area contributed by atoms with Crippen LogP contribution in [0.2, 0.25) is 0 Å². The highest BCUT2D eigenvalue weighted by molar-refractivity contribution is 5.58. The lowest BCUT2D eigenvalue weighted by atomic mass is 9.98. The summed E-state index contributed by atoms with van der Waals surface area (Å²) in [6.45, 7) is 2.89. The van der Waals surface area contributed by atoms with Crippen molar-refractivity contribution < 1.29 is 0 Å². The number of anilines is 2. The maximum absolute atomic E-state index is 11.3. The zero-order valence-electron chi connectivity index (χ0n) is 10.9. The van der Waals surface area contributed by atoms with E-state index in [1.807, 2.05) is 18.2 Å². The molecule has 0 aliphatic heterocycles. The summed E-state index contributed by atoms with van der Waals surface area (Å²) in [5.41, 5.74) is 6.77. The first kappa shape index (κ1) is 13.1.